The van der Waals surface area contributed by atoms with Gasteiger partial charge in [0.1, 0.15) is 13.2 Å². The van der Waals surface area contributed by atoms with Crippen molar-refractivity contribution in [1.29, 1.82) is 0 Å². The third kappa shape index (κ3) is 13.0. The van der Waals surface area contributed by atoms with E-state index in [2.05, 4.69) is 0 Å². The molecule has 0 N–H and O–H groups in total. The first kappa shape index (κ1) is 23.6. The molecule has 7 heteroatoms. The molecule has 0 bridgehead atoms. The van der Waals surface area contributed by atoms with E-state index in [9.17, 15) is 14.4 Å². The number of carbonyl (C=O) groups is 3. The van der Waals surface area contributed by atoms with Gasteiger partial charge < -0.3 is 14.2 Å². The van der Waals surface area contributed by atoms with Crippen molar-refractivity contribution in [3.8, 4) is 0 Å². The van der Waals surface area contributed by atoms with Crippen LogP contribution in [-0.2, 0) is 28.6 Å². The Kier molecular flexibility index (Phi) is 16.3. The number of hydrogen-bond acceptors (Lipinski definition) is 6. The van der Waals surface area contributed by atoms with E-state index in [0.717, 1.165) is 0 Å². The fourth-order valence-corrected chi connectivity index (χ4v) is 1.49. The third-order valence-electron chi connectivity index (χ3n) is 2.52. The minimum atomic E-state index is -0.745. The molecule has 0 atom stereocenters. The van der Waals surface area contributed by atoms with Crippen LogP contribution in [0.1, 0.15) is 59.3 Å². The van der Waals surface area contributed by atoms with Crippen LogP contribution in [0.15, 0.2) is 0 Å². The Morgan fingerprint density at radius 2 is 1.09 bits per heavy atom. The maximum atomic E-state index is 11.5. The molecule has 0 fully saturated rings. The summed E-state index contributed by atoms with van der Waals surface area (Å²) >= 11 is 0. The summed E-state index contributed by atoms with van der Waals surface area (Å²) in [5.74, 6) is -1.09. The van der Waals surface area contributed by atoms with Gasteiger partial charge in [-0.2, -0.15) is 0 Å². The average Bonchev–Trinajstić information content (AvgIpc) is 2.42. The van der Waals surface area contributed by atoms with Crippen molar-refractivity contribution in [3.05, 3.63) is 0 Å². The summed E-state index contributed by atoms with van der Waals surface area (Å²) in [5, 5.41) is 0. The van der Waals surface area contributed by atoms with Gasteiger partial charge in [0.05, 0.1) is 0 Å². The zero-order valence-corrected chi connectivity index (χ0v) is 19.4. The van der Waals surface area contributed by atoms with Crippen LogP contribution in [0.3, 0.4) is 0 Å². The van der Waals surface area contributed by atoms with E-state index in [1.165, 1.54) is 0 Å². The number of carbonyl (C=O) groups excluding carboxylic acids is 3. The van der Waals surface area contributed by atoms with Crippen LogP contribution in [0.4, 0.5) is 0 Å². The predicted molar refractivity (Wildman–Crippen MR) is 85.1 cm³/mol. The molecule has 128 valence electrons. The average molecular weight is 512 g/mol. The molecule has 0 saturated carbocycles. The molecule has 22 heavy (non-hydrogen) atoms. The van der Waals surface area contributed by atoms with Crippen molar-refractivity contribution in [1.82, 2.24) is 0 Å². The zero-order chi connectivity index (χ0) is 16.1. The fourth-order valence-electron chi connectivity index (χ4n) is 1.49. The minimum absolute atomic E-state index is 0. The molecule has 0 aliphatic rings. The number of hydrogen-bond donors (Lipinski definition) is 0. The Morgan fingerprint density at radius 1 is 0.727 bits per heavy atom. The summed E-state index contributed by atoms with van der Waals surface area (Å²) in [6.07, 6.45) is 2.19. The third-order valence-corrected chi connectivity index (χ3v) is 2.52. The normalized spacial score (nSPS) is 9.82. The zero-order valence-electron chi connectivity index (χ0n) is 13.9. The van der Waals surface area contributed by atoms with Crippen LogP contribution in [0.5, 0.6) is 0 Å². The maximum absolute atomic E-state index is 11.5. The van der Waals surface area contributed by atoms with Crippen molar-refractivity contribution in [2.24, 2.45) is 0 Å². The second kappa shape index (κ2) is 15.2. The van der Waals surface area contributed by atoms with E-state index >= 15 is 0 Å². The van der Waals surface area contributed by atoms with E-state index in [1.807, 2.05) is 20.8 Å². The fraction of sp³-hybridized carbons (Fsp3) is 0.800. The van der Waals surface area contributed by atoms with Crippen LogP contribution in [-0.4, -0.2) is 64.5 Å². The van der Waals surface area contributed by atoms with Gasteiger partial charge in [-0.25, -0.2) is 0 Å². The van der Waals surface area contributed by atoms with Crippen molar-refractivity contribution >= 4 is 45.2 Å². The van der Waals surface area contributed by atoms with E-state index in [-0.39, 0.29) is 64.8 Å². The van der Waals surface area contributed by atoms with Crippen LogP contribution >= 0.6 is 0 Å². The molecule has 2 radical (unpaired) electrons. The molecule has 0 aromatic heterocycles. The Labute approximate surface area is 152 Å². The van der Waals surface area contributed by atoms with E-state index in [1.54, 1.807) is 0 Å². The van der Waals surface area contributed by atoms with Crippen molar-refractivity contribution in [2.45, 2.75) is 65.4 Å². The van der Waals surface area contributed by atoms with Gasteiger partial charge in [-0.3, -0.25) is 14.4 Å². The van der Waals surface area contributed by atoms with Gasteiger partial charge >= 0.3 is 45.2 Å². The second-order valence-corrected chi connectivity index (χ2v) is 4.73. The first-order valence-corrected chi connectivity index (χ1v) is 7.54. The Hall–Kier alpha value is -0.668. The molecular weight excluding hydrogens is 483 g/mol. The standard InChI is InChI=1S/C15H26O6.Pb.2H/c1-4-7-13(16)19-10-12(21-15(18)9-6-3)11-20-14(17)8-5-2;;;/h12H,4-11H2,1-3H3;;;. The molecule has 0 unspecified atom stereocenters. The molecule has 0 aromatic rings. The Balaban J connectivity index is 0. The molecule has 0 rings (SSSR count). The quantitative estimate of drug-likeness (QED) is 0.238. The second-order valence-electron chi connectivity index (χ2n) is 4.73. The number of rotatable bonds is 11. The molecule has 0 saturated heterocycles. The van der Waals surface area contributed by atoms with Gasteiger partial charge in [0.25, 0.3) is 0 Å². The molecular formula is C15H28O6Pb. The van der Waals surface area contributed by atoms with Gasteiger partial charge in [-0.1, -0.05) is 20.8 Å². The van der Waals surface area contributed by atoms with Gasteiger partial charge in [-0.05, 0) is 19.3 Å². The van der Waals surface area contributed by atoms with Gasteiger partial charge in [-0.15, -0.1) is 0 Å². The van der Waals surface area contributed by atoms with Crippen molar-refractivity contribution in [2.75, 3.05) is 13.2 Å². The molecule has 0 spiro atoms. The van der Waals surface area contributed by atoms with Gasteiger partial charge in [0, 0.05) is 19.3 Å². The summed E-state index contributed by atoms with van der Waals surface area (Å²) in [4.78, 5) is 34.1. The molecule has 0 aromatic carbocycles. The molecule has 0 amide bonds. The van der Waals surface area contributed by atoms with Crippen LogP contribution < -0.4 is 0 Å². The van der Waals surface area contributed by atoms with Crippen molar-refractivity contribution in [3.63, 3.8) is 0 Å². The summed E-state index contributed by atoms with van der Waals surface area (Å²) in [6.45, 7) is 5.42. The number of esters is 3. The molecule has 0 aliphatic heterocycles. The van der Waals surface area contributed by atoms with Gasteiger partial charge in [0.2, 0.25) is 0 Å². The molecule has 0 heterocycles. The first-order valence-electron chi connectivity index (χ1n) is 7.54. The molecule has 0 aliphatic carbocycles. The summed E-state index contributed by atoms with van der Waals surface area (Å²) in [7, 11) is 0. The van der Waals surface area contributed by atoms with Crippen LogP contribution in [0.2, 0.25) is 0 Å². The predicted octanol–water partition coefficient (Wildman–Crippen LogP) is 1.47. The van der Waals surface area contributed by atoms with E-state index < -0.39 is 6.10 Å². The van der Waals surface area contributed by atoms with Crippen LogP contribution in [0.25, 0.3) is 0 Å². The topological polar surface area (TPSA) is 78.9 Å². The van der Waals surface area contributed by atoms with Gasteiger partial charge in [0.15, 0.2) is 6.10 Å². The first-order chi connectivity index (χ1) is 10.0. The number of ether oxygens (including phenoxy) is 3. The van der Waals surface area contributed by atoms with E-state index in [4.69, 9.17) is 14.2 Å². The monoisotopic (exact) mass is 512 g/mol. The van der Waals surface area contributed by atoms with E-state index in [0.29, 0.717) is 32.1 Å². The summed E-state index contributed by atoms with van der Waals surface area (Å²) in [6, 6.07) is 0. The Bertz CT molecular complexity index is 310. The molecule has 6 nitrogen and oxygen atoms in total. The Morgan fingerprint density at radius 3 is 1.45 bits per heavy atom. The SMILES string of the molecule is CCCC(=O)OCC(COC(=O)CCC)OC(=O)CCC.[PbH2]. The summed E-state index contributed by atoms with van der Waals surface area (Å²) in [5.41, 5.74) is 0. The van der Waals surface area contributed by atoms with Crippen LogP contribution in [0, 0.1) is 0 Å². The summed E-state index contributed by atoms with van der Waals surface area (Å²) < 4.78 is 15.2. The van der Waals surface area contributed by atoms with Crippen molar-refractivity contribution < 1.29 is 28.6 Å².